The molecule has 0 aromatic heterocycles. The minimum Gasteiger partial charge on any atom is -0.386 e. The standard InChI is InChI=1S/C17H18ClN3O2/c18-23-16-7-3-14(4-8-16)20-17(22)13-1-5-15(6-2-13)21-11-9-19-10-12-21/h1-8,19H,9-12H2,(H,20,22). The van der Waals surface area contributed by atoms with Gasteiger partial charge in [-0.3, -0.25) is 4.79 Å². The third kappa shape index (κ3) is 3.94. The van der Waals surface area contributed by atoms with Gasteiger partial charge in [-0.15, -0.1) is 0 Å². The summed E-state index contributed by atoms with van der Waals surface area (Å²) in [5.41, 5.74) is 2.46. The Morgan fingerprint density at radius 1 is 1.04 bits per heavy atom. The fraction of sp³-hybridized carbons (Fsp3) is 0.235. The van der Waals surface area contributed by atoms with E-state index in [-0.39, 0.29) is 5.91 Å². The highest BCUT2D eigenvalue weighted by Gasteiger charge is 2.11. The minimum absolute atomic E-state index is 0.142. The lowest BCUT2D eigenvalue weighted by Gasteiger charge is -2.29. The van der Waals surface area contributed by atoms with Crippen molar-refractivity contribution in [3.05, 3.63) is 54.1 Å². The molecule has 1 amide bonds. The number of halogens is 1. The van der Waals surface area contributed by atoms with E-state index in [1.165, 1.54) is 0 Å². The number of carbonyl (C=O) groups excluding carboxylic acids is 1. The van der Waals surface area contributed by atoms with Gasteiger partial charge in [0.25, 0.3) is 5.91 Å². The molecule has 120 valence electrons. The Balaban J connectivity index is 1.64. The first-order chi connectivity index (χ1) is 11.3. The normalized spacial score (nSPS) is 14.4. The highest BCUT2D eigenvalue weighted by molar-refractivity contribution is 6.09. The lowest BCUT2D eigenvalue weighted by molar-refractivity contribution is 0.102. The van der Waals surface area contributed by atoms with Crippen molar-refractivity contribution in [1.29, 1.82) is 0 Å². The average Bonchev–Trinajstić information content (AvgIpc) is 2.63. The molecule has 1 heterocycles. The van der Waals surface area contributed by atoms with Crippen LogP contribution in [-0.4, -0.2) is 32.1 Å². The van der Waals surface area contributed by atoms with Gasteiger partial charge in [0.15, 0.2) is 0 Å². The van der Waals surface area contributed by atoms with E-state index in [9.17, 15) is 4.79 Å². The van der Waals surface area contributed by atoms with Crippen molar-refractivity contribution >= 4 is 29.1 Å². The number of hydrogen-bond acceptors (Lipinski definition) is 4. The van der Waals surface area contributed by atoms with Crippen molar-refractivity contribution in [2.24, 2.45) is 0 Å². The van der Waals surface area contributed by atoms with Gasteiger partial charge < -0.3 is 19.8 Å². The number of rotatable bonds is 4. The summed E-state index contributed by atoms with van der Waals surface area (Å²) in [6.45, 7) is 3.95. The molecule has 0 unspecified atom stereocenters. The Hall–Kier alpha value is -2.24. The van der Waals surface area contributed by atoms with Gasteiger partial charge in [-0.25, -0.2) is 0 Å². The van der Waals surface area contributed by atoms with Gasteiger partial charge in [0.1, 0.15) is 17.6 Å². The third-order valence-electron chi connectivity index (χ3n) is 3.81. The van der Waals surface area contributed by atoms with Crippen molar-refractivity contribution in [3.8, 4) is 5.75 Å². The summed E-state index contributed by atoms with van der Waals surface area (Å²) >= 11 is 5.26. The van der Waals surface area contributed by atoms with Gasteiger partial charge >= 0.3 is 0 Å². The summed E-state index contributed by atoms with van der Waals surface area (Å²) in [7, 11) is 0. The number of piperazine rings is 1. The van der Waals surface area contributed by atoms with E-state index < -0.39 is 0 Å². The number of hydrogen-bond donors (Lipinski definition) is 2. The maximum atomic E-state index is 12.3. The number of amides is 1. The first-order valence-corrected chi connectivity index (χ1v) is 7.83. The lowest BCUT2D eigenvalue weighted by atomic mass is 10.1. The molecule has 2 aromatic rings. The van der Waals surface area contributed by atoms with E-state index in [0.717, 1.165) is 31.9 Å². The number of nitrogens with zero attached hydrogens (tertiary/aromatic N) is 1. The zero-order valence-corrected chi connectivity index (χ0v) is 13.3. The highest BCUT2D eigenvalue weighted by Crippen LogP contribution is 2.19. The topological polar surface area (TPSA) is 53.6 Å². The lowest BCUT2D eigenvalue weighted by Crippen LogP contribution is -2.43. The summed E-state index contributed by atoms with van der Waals surface area (Å²) in [6, 6.07) is 14.5. The van der Waals surface area contributed by atoms with Crippen LogP contribution in [0.1, 0.15) is 10.4 Å². The zero-order chi connectivity index (χ0) is 16.1. The monoisotopic (exact) mass is 331 g/mol. The molecule has 0 spiro atoms. The van der Waals surface area contributed by atoms with Gasteiger partial charge in [-0.1, -0.05) is 0 Å². The van der Waals surface area contributed by atoms with Crippen molar-refractivity contribution in [2.75, 3.05) is 36.4 Å². The molecule has 0 radical (unpaired) electrons. The summed E-state index contributed by atoms with van der Waals surface area (Å²) in [5, 5.41) is 6.17. The first kappa shape index (κ1) is 15.6. The second-order valence-electron chi connectivity index (χ2n) is 5.34. The molecule has 1 fully saturated rings. The Labute approximate surface area is 140 Å². The molecular weight excluding hydrogens is 314 g/mol. The van der Waals surface area contributed by atoms with Crippen LogP contribution in [0, 0.1) is 0 Å². The van der Waals surface area contributed by atoms with Gasteiger partial charge in [-0.2, -0.15) is 0 Å². The Kier molecular flexibility index (Phi) is 5.00. The molecule has 23 heavy (non-hydrogen) atoms. The highest BCUT2D eigenvalue weighted by atomic mass is 35.5. The fourth-order valence-electron chi connectivity index (χ4n) is 2.54. The molecule has 2 N–H and O–H groups in total. The summed E-state index contributed by atoms with van der Waals surface area (Å²) < 4.78 is 4.58. The minimum atomic E-state index is -0.142. The third-order valence-corrected chi connectivity index (χ3v) is 3.99. The Morgan fingerprint density at radius 2 is 1.70 bits per heavy atom. The molecule has 1 saturated heterocycles. The predicted molar refractivity (Wildman–Crippen MR) is 92.4 cm³/mol. The summed E-state index contributed by atoms with van der Waals surface area (Å²) in [6.07, 6.45) is 0. The first-order valence-electron chi connectivity index (χ1n) is 7.52. The summed E-state index contributed by atoms with van der Waals surface area (Å²) in [5.74, 6) is 0.390. The molecule has 0 atom stereocenters. The quantitative estimate of drug-likeness (QED) is 0.904. The number of benzene rings is 2. The second-order valence-corrected chi connectivity index (χ2v) is 5.49. The number of anilines is 2. The second kappa shape index (κ2) is 7.35. The maximum absolute atomic E-state index is 12.3. The van der Waals surface area contributed by atoms with E-state index in [4.69, 9.17) is 11.9 Å². The molecule has 1 aliphatic heterocycles. The van der Waals surface area contributed by atoms with E-state index in [2.05, 4.69) is 19.8 Å². The molecule has 5 nitrogen and oxygen atoms in total. The van der Waals surface area contributed by atoms with Crippen LogP contribution in [0.5, 0.6) is 5.75 Å². The van der Waals surface area contributed by atoms with E-state index in [1.54, 1.807) is 24.3 Å². The Morgan fingerprint density at radius 3 is 2.30 bits per heavy atom. The van der Waals surface area contributed by atoms with Crippen LogP contribution in [0.3, 0.4) is 0 Å². The molecule has 0 aliphatic carbocycles. The molecule has 6 heteroatoms. The number of carbonyl (C=O) groups is 1. The average molecular weight is 332 g/mol. The largest absolute Gasteiger partial charge is 0.386 e. The van der Waals surface area contributed by atoms with E-state index in [1.807, 2.05) is 24.3 Å². The van der Waals surface area contributed by atoms with Crippen molar-refractivity contribution in [2.45, 2.75) is 0 Å². The van der Waals surface area contributed by atoms with Crippen LogP contribution in [-0.2, 0) is 0 Å². The van der Waals surface area contributed by atoms with E-state index >= 15 is 0 Å². The van der Waals surface area contributed by atoms with Crippen LogP contribution in [0.4, 0.5) is 11.4 Å². The van der Waals surface area contributed by atoms with Crippen LogP contribution in [0.15, 0.2) is 48.5 Å². The van der Waals surface area contributed by atoms with Crippen LogP contribution in [0.2, 0.25) is 0 Å². The van der Waals surface area contributed by atoms with Crippen molar-refractivity contribution in [1.82, 2.24) is 5.32 Å². The molecule has 3 rings (SSSR count). The van der Waals surface area contributed by atoms with Crippen LogP contribution >= 0.6 is 11.9 Å². The maximum Gasteiger partial charge on any atom is 0.255 e. The smallest absolute Gasteiger partial charge is 0.255 e. The molecule has 0 saturated carbocycles. The van der Waals surface area contributed by atoms with E-state index in [0.29, 0.717) is 17.0 Å². The van der Waals surface area contributed by atoms with Gasteiger partial charge in [0.2, 0.25) is 0 Å². The van der Waals surface area contributed by atoms with Crippen molar-refractivity contribution < 1.29 is 9.08 Å². The summed E-state index contributed by atoms with van der Waals surface area (Å²) in [4.78, 5) is 14.6. The van der Waals surface area contributed by atoms with Crippen LogP contribution < -0.4 is 19.8 Å². The molecule has 2 aromatic carbocycles. The molecule has 1 aliphatic rings. The van der Waals surface area contributed by atoms with Gasteiger partial charge in [0.05, 0.1) is 0 Å². The van der Waals surface area contributed by atoms with Crippen LogP contribution in [0.25, 0.3) is 0 Å². The molecular formula is C17H18ClN3O2. The van der Waals surface area contributed by atoms with Gasteiger partial charge in [0, 0.05) is 43.1 Å². The number of nitrogens with one attached hydrogen (secondary N) is 2. The van der Waals surface area contributed by atoms with Gasteiger partial charge in [-0.05, 0) is 48.5 Å². The Bertz CT molecular complexity index is 653. The molecule has 0 bridgehead atoms. The predicted octanol–water partition coefficient (Wildman–Crippen LogP) is 2.88. The fourth-order valence-corrected chi connectivity index (χ4v) is 2.64. The van der Waals surface area contributed by atoms with Crippen molar-refractivity contribution in [3.63, 3.8) is 0 Å². The zero-order valence-electron chi connectivity index (χ0n) is 12.6. The SMILES string of the molecule is O=C(Nc1ccc(OCl)cc1)c1ccc(N2CCNCC2)cc1.